The lowest BCUT2D eigenvalue weighted by molar-refractivity contribution is -0.145. The van der Waals surface area contributed by atoms with Gasteiger partial charge in [0, 0.05) is 12.5 Å². The highest BCUT2D eigenvalue weighted by Gasteiger charge is 2.52. The molecule has 3 aromatic rings. The van der Waals surface area contributed by atoms with Crippen LogP contribution in [0.15, 0.2) is 89.8 Å². The predicted molar refractivity (Wildman–Crippen MR) is 151 cm³/mol. The first-order valence-corrected chi connectivity index (χ1v) is 16.3. The van der Waals surface area contributed by atoms with Gasteiger partial charge in [-0.1, -0.05) is 99.1 Å². The van der Waals surface area contributed by atoms with E-state index in [9.17, 15) is 18.3 Å². The van der Waals surface area contributed by atoms with Crippen LogP contribution >= 0.6 is 0 Å². The second kappa shape index (κ2) is 11.1. The summed E-state index contributed by atoms with van der Waals surface area (Å²) in [4.78, 5) is 12.2. The number of carbonyl (C=O) groups is 1. The van der Waals surface area contributed by atoms with Gasteiger partial charge < -0.3 is 9.53 Å². The molecule has 4 rings (SSSR count). The Labute approximate surface area is 226 Å². The van der Waals surface area contributed by atoms with Crippen LogP contribution in [0.5, 0.6) is 0 Å². The van der Waals surface area contributed by atoms with E-state index in [1.54, 1.807) is 12.1 Å². The quantitative estimate of drug-likeness (QED) is 0.316. The monoisotopic (exact) mass is 552 g/mol. The minimum atomic E-state index is -4.06. The number of rotatable bonds is 8. The van der Waals surface area contributed by atoms with Crippen molar-refractivity contribution in [1.82, 2.24) is 0 Å². The van der Waals surface area contributed by atoms with Gasteiger partial charge in [0.1, 0.15) is 0 Å². The van der Waals surface area contributed by atoms with E-state index in [2.05, 4.69) is 45.0 Å². The Kier molecular flexibility index (Phi) is 8.28. The number of benzene rings is 3. The van der Waals surface area contributed by atoms with Gasteiger partial charge in [-0.05, 0) is 47.3 Å². The molecule has 1 saturated carbocycles. The molecular formula is C30H36O6SSi. The van der Waals surface area contributed by atoms with Gasteiger partial charge in [-0.25, -0.2) is 0 Å². The average Bonchev–Trinajstić information content (AvgIpc) is 2.87. The normalized spacial score (nSPS) is 20.7. The number of aryl methyl sites for hydroxylation is 1. The maximum atomic E-state index is 13.1. The first kappa shape index (κ1) is 28.2. The maximum Gasteiger partial charge on any atom is 0.306 e. The third-order valence-corrected chi connectivity index (χ3v) is 13.8. The molecule has 0 aromatic heterocycles. The van der Waals surface area contributed by atoms with E-state index in [-0.39, 0.29) is 16.4 Å². The highest BCUT2D eigenvalue weighted by Crippen LogP contribution is 2.40. The number of aliphatic carboxylic acids is 1. The summed E-state index contributed by atoms with van der Waals surface area (Å²) in [6, 6.07) is 26.7. The van der Waals surface area contributed by atoms with Crippen molar-refractivity contribution in [1.29, 1.82) is 0 Å². The average molecular weight is 553 g/mol. The highest BCUT2D eigenvalue weighted by atomic mass is 32.2. The van der Waals surface area contributed by atoms with Crippen LogP contribution in [0.2, 0.25) is 5.04 Å². The molecule has 0 aliphatic heterocycles. The van der Waals surface area contributed by atoms with Gasteiger partial charge in [-0.3, -0.25) is 8.98 Å². The zero-order chi connectivity index (χ0) is 27.6. The Morgan fingerprint density at radius 2 is 1.32 bits per heavy atom. The van der Waals surface area contributed by atoms with Crippen LogP contribution in [-0.2, 0) is 23.5 Å². The molecule has 8 heteroatoms. The molecule has 3 atom stereocenters. The third-order valence-electron chi connectivity index (χ3n) is 7.30. The van der Waals surface area contributed by atoms with Crippen LogP contribution in [0, 0.1) is 12.8 Å². The van der Waals surface area contributed by atoms with Crippen LogP contribution in [0.25, 0.3) is 0 Å². The highest BCUT2D eigenvalue weighted by molar-refractivity contribution is 7.86. The lowest BCUT2D eigenvalue weighted by Gasteiger charge is -2.47. The smallest absolute Gasteiger partial charge is 0.306 e. The van der Waals surface area contributed by atoms with E-state index < -0.39 is 42.5 Å². The van der Waals surface area contributed by atoms with Crippen LogP contribution in [0.4, 0.5) is 0 Å². The summed E-state index contributed by atoms with van der Waals surface area (Å²) < 4.78 is 39.0. The summed E-state index contributed by atoms with van der Waals surface area (Å²) in [5.41, 5.74) is 0.936. The van der Waals surface area contributed by atoms with E-state index >= 15 is 0 Å². The third kappa shape index (κ3) is 5.94. The zero-order valence-electron chi connectivity index (χ0n) is 22.3. The van der Waals surface area contributed by atoms with Crippen LogP contribution in [0.1, 0.15) is 45.6 Å². The van der Waals surface area contributed by atoms with E-state index in [1.807, 2.05) is 43.3 Å². The molecule has 0 amide bonds. The van der Waals surface area contributed by atoms with Gasteiger partial charge in [-0.2, -0.15) is 8.42 Å². The van der Waals surface area contributed by atoms with Gasteiger partial charge in [0.05, 0.1) is 16.9 Å². The number of hydrogen-bond donors (Lipinski definition) is 1. The molecule has 0 unspecified atom stereocenters. The van der Waals surface area contributed by atoms with Crippen molar-refractivity contribution in [2.75, 3.05) is 0 Å². The molecule has 1 aliphatic rings. The molecular weight excluding hydrogens is 516 g/mol. The fraction of sp³-hybridized carbons (Fsp3) is 0.367. The molecule has 0 radical (unpaired) electrons. The SMILES string of the molecule is Cc1ccc(S(=O)(=O)O[C@H]2C[C@@H](O[Si](c3ccccc3)(c3ccccc3)C(C)(C)C)C[C@@H](C(=O)O)C2)cc1. The van der Waals surface area contributed by atoms with Crippen molar-refractivity contribution in [2.24, 2.45) is 5.92 Å². The van der Waals surface area contributed by atoms with Crippen molar-refractivity contribution < 1.29 is 26.9 Å². The lowest BCUT2D eigenvalue weighted by Crippen LogP contribution is -2.68. The Morgan fingerprint density at radius 3 is 1.79 bits per heavy atom. The molecule has 202 valence electrons. The Morgan fingerprint density at radius 1 is 0.816 bits per heavy atom. The second-order valence-electron chi connectivity index (χ2n) is 11.1. The minimum absolute atomic E-state index is 0.0602. The van der Waals surface area contributed by atoms with E-state index in [1.165, 1.54) is 12.1 Å². The maximum absolute atomic E-state index is 13.1. The molecule has 1 fully saturated rings. The standard InChI is InChI=1S/C30H36O6SSi/c1-22-15-17-26(18-16-22)37(33,34)35-24-19-23(29(31)32)20-25(21-24)36-38(30(2,3)4,27-11-7-5-8-12-27)28-13-9-6-10-14-28/h5-18,23-25H,19-21H2,1-4H3,(H,31,32)/t23-,24+,25-/m0/s1. The van der Waals surface area contributed by atoms with Crippen LogP contribution in [-0.4, -0.2) is 40.0 Å². The lowest BCUT2D eigenvalue weighted by atomic mass is 9.85. The van der Waals surface area contributed by atoms with E-state index in [4.69, 9.17) is 8.61 Å². The van der Waals surface area contributed by atoms with Gasteiger partial charge in [0.25, 0.3) is 18.4 Å². The summed E-state index contributed by atoms with van der Waals surface area (Å²) >= 11 is 0. The van der Waals surface area contributed by atoms with E-state index in [0.717, 1.165) is 15.9 Å². The molecule has 0 spiro atoms. The van der Waals surface area contributed by atoms with Gasteiger partial charge in [-0.15, -0.1) is 0 Å². The van der Waals surface area contributed by atoms with Crippen LogP contribution < -0.4 is 10.4 Å². The van der Waals surface area contributed by atoms with Gasteiger partial charge in [0.15, 0.2) is 0 Å². The van der Waals surface area contributed by atoms with Crippen molar-refractivity contribution in [2.45, 2.75) is 69.1 Å². The zero-order valence-corrected chi connectivity index (χ0v) is 24.1. The first-order chi connectivity index (χ1) is 17.9. The van der Waals surface area contributed by atoms with Crippen molar-refractivity contribution >= 4 is 34.8 Å². The number of carboxylic acid groups (broad SMARTS) is 1. The second-order valence-corrected chi connectivity index (χ2v) is 17.0. The number of hydrogen-bond acceptors (Lipinski definition) is 5. The van der Waals surface area contributed by atoms with Crippen LogP contribution in [0.3, 0.4) is 0 Å². The van der Waals surface area contributed by atoms with Gasteiger partial charge >= 0.3 is 5.97 Å². The molecule has 3 aromatic carbocycles. The molecule has 0 heterocycles. The summed E-state index contributed by atoms with van der Waals surface area (Å²) in [7, 11) is -7.02. The summed E-state index contributed by atoms with van der Waals surface area (Å²) in [5, 5.41) is 11.8. The Hall–Kier alpha value is -2.78. The summed E-state index contributed by atoms with van der Waals surface area (Å²) in [6.45, 7) is 8.36. The summed E-state index contributed by atoms with van der Waals surface area (Å²) in [5.74, 6) is -1.74. The molecule has 1 N–H and O–H groups in total. The van der Waals surface area contributed by atoms with E-state index in [0.29, 0.717) is 12.8 Å². The van der Waals surface area contributed by atoms with Crippen molar-refractivity contribution in [3.63, 3.8) is 0 Å². The molecule has 6 nitrogen and oxygen atoms in total. The van der Waals surface area contributed by atoms with Crippen molar-refractivity contribution in [3.05, 3.63) is 90.5 Å². The molecule has 38 heavy (non-hydrogen) atoms. The van der Waals surface area contributed by atoms with Gasteiger partial charge in [0.2, 0.25) is 0 Å². The molecule has 0 saturated heterocycles. The van der Waals surface area contributed by atoms with Crippen molar-refractivity contribution in [3.8, 4) is 0 Å². The fourth-order valence-corrected chi connectivity index (χ4v) is 11.3. The number of carboxylic acids is 1. The Bertz CT molecular complexity index is 1300. The Balaban J connectivity index is 1.72. The molecule has 0 bridgehead atoms. The largest absolute Gasteiger partial charge is 0.481 e. The minimum Gasteiger partial charge on any atom is -0.481 e. The molecule has 1 aliphatic carbocycles. The summed E-state index contributed by atoms with van der Waals surface area (Å²) in [6.07, 6.45) is -0.598. The predicted octanol–water partition coefficient (Wildman–Crippen LogP) is 4.90. The fourth-order valence-electron chi connectivity index (χ4n) is 5.47. The topological polar surface area (TPSA) is 89.9 Å². The first-order valence-electron chi connectivity index (χ1n) is 12.9.